The van der Waals surface area contributed by atoms with Crippen molar-refractivity contribution in [2.24, 2.45) is 0 Å². The van der Waals surface area contributed by atoms with E-state index in [2.05, 4.69) is 35.5 Å². The fraction of sp³-hybridized carbons (Fsp3) is 0.878. The van der Waals surface area contributed by atoms with Gasteiger partial charge in [-0.25, -0.2) is 4.18 Å². The van der Waals surface area contributed by atoms with Crippen LogP contribution in [0.15, 0.2) is 24.3 Å². The number of carbonyl (C=O) groups is 1. The van der Waals surface area contributed by atoms with E-state index in [-0.39, 0.29) is 6.42 Å². The highest BCUT2D eigenvalue weighted by atomic mass is 32.3. The molecule has 0 aromatic heterocycles. The molecule has 1 heterocycles. The van der Waals surface area contributed by atoms with E-state index in [1.54, 1.807) is 6.08 Å². The van der Waals surface area contributed by atoms with E-state index >= 15 is 0 Å². The zero-order chi connectivity index (χ0) is 40.7. The Morgan fingerprint density at radius 3 is 1.71 bits per heavy atom. The van der Waals surface area contributed by atoms with Crippen molar-refractivity contribution in [3.8, 4) is 0 Å². The molecule has 0 aromatic carbocycles. The Kier molecular flexibility index (Phi) is 30.5. The lowest BCUT2D eigenvalue weighted by molar-refractivity contribution is -0.298. The summed E-state index contributed by atoms with van der Waals surface area (Å²) < 4.78 is 47.2. The highest BCUT2D eigenvalue weighted by Crippen LogP contribution is 2.26. The van der Waals surface area contributed by atoms with Crippen molar-refractivity contribution in [3.63, 3.8) is 0 Å². The van der Waals surface area contributed by atoms with Gasteiger partial charge in [0.05, 0.1) is 25.4 Å². The van der Waals surface area contributed by atoms with E-state index in [4.69, 9.17) is 14.0 Å². The molecule has 14 heteroatoms. The van der Waals surface area contributed by atoms with E-state index < -0.39 is 78.5 Å². The summed E-state index contributed by atoms with van der Waals surface area (Å²) in [7, 11) is -5.11. The lowest BCUT2D eigenvalue weighted by Crippen LogP contribution is -2.61. The van der Waals surface area contributed by atoms with E-state index in [1.807, 2.05) is 0 Å². The summed E-state index contributed by atoms with van der Waals surface area (Å²) in [6.45, 7) is 3.09. The van der Waals surface area contributed by atoms with Crippen LogP contribution in [0.5, 0.6) is 0 Å². The van der Waals surface area contributed by atoms with Crippen LogP contribution in [0, 0.1) is 0 Å². The molecule has 0 bridgehead atoms. The molecule has 1 fully saturated rings. The van der Waals surface area contributed by atoms with Crippen molar-refractivity contribution < 1.29 is 57.0 Å². The SMILES string of the molecule is CCCCCC/C=C/C(O)C(COC1OC(CO)C(O)C(OS(=O)(=O)O)C1O)NC(=O)C(O)CCCCCCCC/C=C\CCCCCCCCCCCC. The molecule has 7 N–H and O–H groups in total. The maximum atomic E-state index is 13.0. The van der Waals surface area contributed by atoms with E-state index in [0.29, 0.717) is 12.8 Å². The van der Waals surface area contributed by atoms with Gasteiger partial charge in [0.1, 0.15) is 30.5 Å². The first-order valence-electron chi connectivity index (χ1n) is 21.3. The smallest absolute Gasteiger partial charge is 0.394 e. The molecule has 55 heavy (non-hydrogen) atoms. The van der Waals surface area contributed by atoms with Crippen LogP contribution in [-0.2, 0) is 28.9 Å². The van der Waals surface area contributed by atoms with Crippen LogP contribution in [0.3, 0.4) is 0 Å². The lowest BCUT2D eigenvalue weighted by Gasteiger charge is -2.41. The topological polar surface area (TPSA) is 212 Å². The zero-order valence-electron chi connectivity index (χ0n) is 33.9. The molecule has 1 aliphatic heterocycles. The lowest BCUT2D eigenvalue weighted by atomic mass is 9.99. The van der Waals surface area contributed by atoms with Crippen LogP contribution >= 0.6 is 0 Å². The van der Waals surface area contributed by atoms with Crippen molar-refractivity contribution >= 4 is 16.3 Å². The number of ether oxygens (including phenoxy) is 2. The first kappa shape index (κ1) is 51.6. The Morgan fingerprint density at radius 1 is 0.727 bits per heavy atom. The summed E-state index contributed by atoms with van der Waals surface area (Å²) in [5.74, 6) is -0.713. The third-order valence-corrected chi connectivity index (χ3v) is 10.5. The molecular formula is C41H77NO12S. The van der Waals surface area contributed by atoms with Gasteiger partial charge in [-0.3, -0.25) is 9.35 Å². The standard InChI is InChI=1S/C41H77NO12S/c1-3-5-7-9-11-12-13-14-15-16-17-18-19-20-21-22-23-24-26-28-30-35(45)40(48)42-33(34(44)29-27-25-10-8-6-4-2)32-52-41-38(47)39(54-55(49,50)51)37(46)36(31-43)53-41/h18-19,27,29,33-39,41,43-47H,3-17,20-26,28,30-32H2,1-2H3,(H,42,48)(H,49,50,51)/b19-18-,29-27+. The van der Waals surface area contributed by atoms with Gasteiger partial charge in [0.15, 0.2) is 6.29 Å². The second kappa shape index (κ2) is 32.5. The van der Waals surface area contributed by atoms with Gasteiger partial charge in [-0.2, -0.15) is 8.42 Å². The molecule has 1 rings (SSSR count). The molecule has 13 nitrogen and oxygen atoms in total. The number of rotatable bonds is 35. The highest BCUT2D eigenvalue weighted by molar-refractivity contribution is 7.80. The van der Waals surface area contributed by atoms with Crippen LogP contribution in [0.1, 0.15) is 168 Å². The third-order valence-electron chi connectivity index (χ3n) is 10.1. The van der Waals surface area contributed by atoms with Crippen LogP contribution in [-0.4, -0.2) is 107 Å². The Balaban J connectivity index is 2.46. The molecule has 1 aliphatic rings. The largest absolute Gasteiger partial charge is 0.397 e. The zero-order valence-corrected chi connectivity index (χ0v) is 34.7. The minimum atomic E-state index is -5.11. The number of hydrogen-bond acceptors (Lipinski definition) is 11. The molecule has 0 aliphatic carbocycles. The molecule has 0 spiro atoms. The molecule has 1 amide bonds. The fourth-order valence-electron chi connectivity index (χ4n) is 6.63. The van der Waals surface area contributed by atoms with Gasteiger partial charge < -0.3 is 40.3 Å². The first-order valence-corrected chi connectivity index (χ1v) is 22.7. The van der Waals surface area contributed by atoms with E-state index in [9.17, 15) is 38.7 Å². The molecule has 0 aromatic rings. The number of aliphatic hydroxyl groups is 5. The van der Waals surface area contributed by atoms with Crippen LogP contribution < -0.4 is 5.32 Å². The van der Waals surface area contributed by atoms with E-state index in [1.165, 1.54) is 76.7 Å². The van der Waals surface area contributed by atoms with Crippen LogP contribution in [0.4, 0.5) is 0 Å². The summed E-state index contributed by atoms with van der Waals surface area (Å²) in [5, 5.41) is 54.7. The van der Waals surface area contributed by atoms with Crippen molar-refractivity contribution in [3.05, 3.63) is 24.3 Å². The second-order valence-corrected chi connectivity index (χ2v) is 16.1. The number of aliphatic hydroxyl groups excluding tert-OH is 5. The minimum Gasteiger partial charge on any atom is -0.394 e. The molecule has 8 unspecified atom stereocenters. The number of amides is 1. The van der Waals surface area contributed by atoms with Gasteiger partial charge in [0, 0.05) is 0 Å². The quantitative estimate of drug-likeness (QED) is 0.0212. The van der Waals surface area contributed by atoms with Crippen molar-refractivity contribution in [2.75, 3.05) is 13.2 Å². The van der Waals surface area contributed by atoms with Crippen LogP contribution in [0.25, 0.3) is 0 Å². The number of hydrogen-bond donors (Lipinski definition) is 7. The van der Waals surface area contributed by atoms with Gasteiger partial charge in [0.2, 0.25) is 5.91 Å². The maximum absolute atomic E-state index is 13.0. The predicted molar refractivity (Wildman–Crippen MR) is 215 cm³/mol. The average Bonchev–Trinajstić information content (AvgIpc) is 3.15. The summed E-state index contributed by atoms with van der Waals surface area (Å²) in [6, 6.07) is -1.12. The number of allylic oxidation sites excluding steroid dienone is 3. The van der Waals surface area contributed by atoms with Crippen LogP contribution in [0.2, 0.25) is 0 Å². The summed E-state index contributed by atoms with van der Waals surface area (Å²) >= 11 is 0. The van der Waals surface area contributed by atoms with Gasteiger partial charge >= 0.3 is 10.4 Å². The minimum absolute atomic E-state index is 0.236. The molecule has 324 valence electrons. The molecule has 0 radical (unpaired) electrons. The highest BCUT2D eigenvalue weighted by Gasteiger charge is 2.48. The Labute approximate surface area is 332 Å². The third kappa shape index (κ3) is 25.5. The summed E-state index contributed by atoms with van der Waals surface area (Å²) in [4.78, 5) is 13.0. The second-order valence-electron chi connectivity index (χ2n) is 15.1. The molecule has 8 atom stereocenters. The van der Waals surface area contributed by atoms with Crippen molar-refractivity contribution in [1.82, 2.24) is 5.32 Å². The molecule has 0 saturated carbocycles. The summed E-state index contributed by atoms with van der Waals surface area (Å²) in [6.07, 6.45) is 23.3. The van der Waals surface area contributed by atoms with Crippen molar-refractivity contribution in [1.29, 1.82) is 0 Å². The average molecular weight is 808 g/mol. The molecule has 1 saturated heterocycles. The number of carbonyl (C=O) groups excluding carboxylic acids is 1. The van der Waals surface area contributed by atoms with E-state index in [0.717, 1.165) is 64.2 Å². The van der Waals surface area contributed by atoms with Gasteiger partial charge in [0.25, 0.3) is 0 Å². The monoisotopic (exact) mass is 808 g/mol. The van der Waals surface area contributed by atoms with Gasteiger partial charge in [-0.15, -0.1) is 0 Å². The van der Waals surface area contributed by atoms with Gasteiger partial charge in [-0.05, 0) is 44.9 Å². The first-order chi connectivity index (χ1) is 26.4. The summed E-state index contributed by atoms with van der Waals surface area (Å²) in [5.41, 5.74) is 0. The molecular weight excluding hydrogens is 731 g/mol. The normalized spacial score (nSPS) is 22.4. The number of unbranched alkanes of at least 4 members (excludes halogenated alkanes) is 20. The Morgan fingerprint density at radius 2 is 1.20 bits per heavy atom. The maximum Gasteiger partial charge on any atom is 0.397 e. The Bertz CT molecular complexity index is 1110. The fourth-order valence-corrected chi connectivity index (χ4v) is 7.14. The van der Waals surface area contributed by atoms with Crippen molar-refractivity contribution in [2.45, 2.75) is 217 Å². The van der Waals surface area contributed by atoms with Gasteiger partial charge in [-0.1, -0.05) is 147 Å². The predicted octanol–water partition coefficient (Wildman–Crippen LogP) is 6.35. The Hall–Kier alpha value is -1.46. The number of nitrogens with one attached hydrogen (secondary N) is 1.